The molecular weight excluding hydrogens is 102 g/mol. The van der Waals surface area contributed by atoms with Crippen LogP contribution in [0.1, 0.15) is 6.42 Å². The fourth-order valence-electron chi connectivity index (χ4n) is 1.26. The van der Waals surface area contributed by atoms with E-state index in [1.54, 1.807) is 0 Å². The molecule has 0 radical (unpaired) electrons. The Balaban J connectivity index is 2.35. The highest BCUT2D eigenvalue weighted by Gasteiger charge is 2.32. The molecular formula is C6H7NO. The van der Waals surface area contributed by atoms with Gasteiger partial charge < -0.3 is 0 Å². The molecule has 0 saturated carbocycles. The zero-order valence-electron chi connectivity index (χ0n) is 4.42. The Kier molecular flexibility index (Phi) is 0.641. The maximum atomic E-state index is 10.7. The van der Waals surface area contributed by atoms with E-state index in [4.69, 9.17) is 0 Å². The maximum Gasteiger partial charge on any atom is 0.155 e. The van der Waals surface area contributed by atoms with Crippen LogP contribution in [0.4, 0.5) is 0 Å². The smallest absolute Gasteiger partial charge is 0.155 e. The highest BCUT2D eigenvalue weighted by atomic mass is 16.1. The summed E-state index contributed by atoms with van der Waals surface area (Å²) in [6.45, 7) is 0. The molecule has 42 valence electrons. The van der Waals surface area contributed by atoms with Gasteiger partial charge in [0.1, 0.15) is 0 Å². The largest absolute Gasteiger partial charge is 0.298 e. The van der Waals surface area contributed by atoms with Crippen LogP contribution in [-0.2, 0) is 4.79 Å². The summed E-state index contributed by atoms with van der Waals surface area (Å²) < 4.78 is 0. The molecule has 8 heavy (non-hydrogen) atoms. The molecule has 2 rings (SSSR count). The van der Waals surface area contributed by atoms with Crippen LogP contribution in [0.15, 0.2) is 12.2 Å². The van der Waals surface area contributed by atoms with Gasteiger partial charge in [0.2, 0.25) is 0 Å². The van der Waals surface area contributed by atoms with E-state index < -0.39 is 0 Å². The predicted molar refractivity (Wildman–Crippen MR) is 29.5 cm³/mol. The van der Waals surface area contributed by atoms with E-state index in [1.165, 1.54) is 0 Å². The number of ketones is 1. The van der Waals surface area contributed by atoms with Gasteiger partial charge in [-0.1, -0.05) is 12.2 Å². The Labute approximate surface area is 47.6 Å². The molecule has 2 heterocycles. The molecule has 0 aromatic rings. The van der Waals surface area contributed by atoms with Gasteiger partial charge in [0.25, 0.3) is 0 Å². The van der Waals surface area contributed by atoms with E-state index in [0.29, 0.717) is 18.2 Å². The summed E-state index contributed by atoms with van der Waals surface area (Å²) in [5, 5.41) is 3.12. The number of hydrogen-bond acceptors (Lipinski definition) is 2. The molecule has 1 N–H and O–H groups in total. The Hall–Kier alpha value is -0.630. The Morgan fingerprint density at radius 1 is 1.62 bits per heavy atom. The molecule has 1 fully saturated rings. The lowest BCUT2D eigenvalue weighted by molar-refractivity contribution is -0.118. The van der Waals surface area contributed by atoms with E-state index in [0.717, 1.165) is 0 Å². The van der Waals surface area contributed by atoms with E-state index in [-0.39, 0.29) is 6.04 Å². The molecule has 0 aliphatic carbocycles. The number of carbonyl (C=O) groups is 1. The third-order valence-corrected chi connectivity index (χ3v) is 1.70. The van der Waals surface area contributed by atoms with Gasteiger partial charge in [-0.05, 0) is 0 Å². The van der Waals surface area contributed by atoms with Crippen molar-refractivity contribution in [1.29, 1.82) is 0 Å². The number of nitrogens with one attached hydrogen (secondary N) is 1. The van der Waals surface area contributed by atoms with Gasteiger partial charge in [0, 0.05) is 12.5 Å². The van der Waals surface area contributed by atoms with Crippen LogP contribution in [0.2, 0.25) is 0 Å². The minimum atomic E-state index is 0.0694. The van der Waals surface area contributed by atoms with Gasteiger partial charge in [0.05, 0.1) is 6.04 Å². The lowest BCUT2D eigenvalue weighted by Gasteiger charge is -1.94. The fraction of sp³-hybridized carbons (Fsp3) is 0.500. The molecule has 0 spiro atoms. The van der Waals surface area contributed by atoms with Crippen molar-refractivity contribution in [2.45, 2.75) is 18.5 Å². The normalized spacial score (nSPS) is 41.8. The van der Waals surface area contributed by atoms with Crippen LogP contribution in [-0.4, -0.2) is 17.9 Å². The van der Waals surface area contributed by atoms with E-state index >= 15 is 0 Å². The Bertz CT molecular complexity index is 162. The summed E-state index contributed by atoms with van der Waals surface area (Å²) in [7, 11) is 0. The average Bonchev–Trinajstić information content (AvgIpc) is 2.23. The average molecular weight is 109 g/mol. The first-order chi connectivity index (χ1) is 3.86. The zero-order chi connectivity index (χ0) is 5.56. The van der Waals surface area contributed by atoms with Gasteiger partial charge in [-0.2, -0.15) is 0 Å². The predicted octanol–water partition coefficient (Wildman–Crippen LogP) is -0.144. The number of carbonyl (C=O) groups excluding carboxylic acids is 1. The second-order valence-corrected chi connectivity index (χ2v) is 2.31. The van der Waals surface area contributed by atoms with E-state index in [1.807, 2.05) is 6.08 Å². The quantitative estimate of drug-likeness (QED) is 0.438. The van der Waals surface area contributed by atoms with Crippen molar-refractivity contribution in [3.05, 3.63) is 12.2 Å². The molecule has 2 unspecified atom stereocenters. The third kappa shape index (κ3) is 0.383. The first-order valence-corrected chi connectivity index (χ1v) is 2.83. The highest BCUT2D eigenvalue weighted by Crippen LogP contribution is 2.16. The van der Waals surface area contributed by atoms with Crippen LogP contribution >= 0.6 is 0 Å². The van der Waals surface area contributed by atoms with E-state index in [9.17, 15) is 4.79 Å². The van der Waals surface area contributed by atoms with Crippen molar-refractivity contribution in [3.63, 3.8) is 0 Å². The second kappa shape index (κ2) is 1.20. The summed E-state index contributed by atoms with van der Waals surface area (Å²) in [6.07, 6.45) is 4.71. The zero-order valence-corrected chi connectivity index (χ0v) is 4.42. The summed E-state index contributed by atoms with van der Waals surface area (Å²) in [4.78, 5) is 10.7. The molecule has 2 atom stereocenters. The van der Waals surface area contributed by atoms with Crippen LogP contribution in [0.5, 0.6) is 0 Å². The molecule has 2 nitrogen and oxygen atoms in total. The van der Waals surface area contributed by atoms with Gasteiger partial charge in [-0.3, -0.25) is 10.1 Å². The molecule has 0 aromatic carbocycles. The summed E-state index contributed by atoms with van der Waals surface area (Å²) in [5.74, 6) is 0.345. The lowest BCUT2D eigenvalue weighted by atomic mass is 10.1. The minimum absolute atomic E-state index is 0.0694. The van der Waals surface area contributed by atoms with Gasteiger partial charge in [-0.15, -0.1) is 0 Å². The molecule has 2 bridgehead atoms. The van der Waals surface area contributed by atoms with Gasteiger partial charge in [-0.25, -0.2) is 0 Å². The number of fused-ring (bicyclic) bond motifs is 2. The molecule has 2 heteroatoms. The van der Waals surface area contributed by atoms with Crippen molar-refractivity contribution in [2.24, 2.45) is 0 Å². The Morgan fingerprint density at radius 3 is 2.75 bits per heavy atom. The lowest BCUT2D eigenvalue weighted by Crippen LogP contribution is -2.22. The van der Waals surface area contributed by atoms with Crippen molar-refractivity contribution in [3.8, 4) is 0 Å². The van der Waals surface area contributed by atoms with Crippen molar-refractivity contribution < 1.29 is 4.79 Å². The first kappa shape index (κ1) is 4.27. The van der Waals surface area contributed by atoms with Crippen LogP contribution < -0.4 is 5.32 Å². The van der Waals surface area contributed by atoms with Crippen molar-refractivity contribution >= 4 is 5.78 Å². The van der Waals surface area contributed by atoms with Crippen molar-refractivity contribution in [1.82, 2.24) is 5.32 Å². The summed E-state index contributed by atoms with van der Waals surface area (Å²) in [6, 6.07) is 0.437. The highest BCUT2D eigenvalue weighted by molar-refractivity contribution is 5.90. The number of Topliss-reactive ketones (excluding diaryl/α,β-unsaturated/α-hetero) is 1. The maximum absolute atomic E-state index is 10.7. The molecule has 2 aliphatic heterocycles. The molecule has 1 saturated heterocycles. The third-order valence-electron chi connectivity index (χ3n) is 1.70. The number of hydrogen-bond donors (Lipinski definition) is 1. The Morgan fingerprint density at radius 2 is 2.50 bits per heavy atom. The van der Waals surface area contributed by atoms with Crippen LogP contribution in [0.25, 0.3) is 0 Å². The first-order valence-electron chi connectivity index (χ1n) is 2.83. The topological polar surface area (TPSA) is 29.1 Å². The van der Waals surface area contributed by atoms with Gasteiger partial charge in [0.15, 0.2) is 5.78 Å². The second-order valence-electron chi connectivity index (χ2n) is 2.31. The summed E-state index contributed by atoms with van der Waals surface area (Å²) in [5.41, 5.74) is 0. The molecule has 2 aliphatic rings. The fourth-order valence-corrected chi connectivity index (χ4v) is 1.26. The van der Waals surface area contributed by atoms with Gasteiger partial charge >= 0.3 is 0 Å². The molecule has 0 amide bonds. The number of rotatable bonds is 0. The van der Waals surface area contributed by atoms with E-state index in [2.05, 4.69) is 11.4 Å². The minimum Gasteiger partial charge on any atom is -0.298 e. The monoisotopic (exact) mass is 109 g/mol. The molecule has 0 aromatic heterocycles. The van der Waals surface area contributed by atoms with Crippen LogP contribution in [0, 0.1) is 0 Å². The van der Waals surface area contributed by atoms with Crippen molar-refractivity contribution in [2.75, 3.05) is 0 Å². The SMILES string of the molecule is O=C1CC2C=CC1N2. The van der Waals surface area contributed by atoms with Crippen LogP contribution in [0.3, 0.4) is 0 Å². The standard InChI is InChI=1S/C6H7NO/c8-6-3-4-1-2-5(6)7-4/h1-2,4-5,7H,3H2. The summed E-state index contributed by atoms with van der Waals surface area (Å²) >= 11 is 0.